The molecule has 0 spiro atoms. The van der Waals surface area contributed by atoms with Crippen molar-refractivity contribution < 1.29 is 24.0 Å². The Kier molecular flexibility index (Phi) is 6.47. The molecule has 0 saturated heterocycles. The lowest BCUT2D eigenvalue weighted by Crippen LogP contribution is -2.32. The summed E-state index contributed by atoms with van der Waals surface area (Å²) >= 11 is 0. The topological polar surface area (TPSA) is 108 Å². The summed E-state index contributed by atoms with van der Waals surface area (Å²) in [6, 6.07) is 12.8. The van der Waals surface area contributed by atoms with E-state index in [1.807, 2.05) is 18.2 Å². The number of nitrogens with one attached hydrogen (secondary N) is 1. The molecule has 8 nitrogen and oxygen atoms in total. The maximum absolute atomic E-state index is 11.7. The van der Waals surface area contributed by atoms with Gasteiger partial charge in [0.05, 0.1) is 17.0 Å². The Labute approximate surface area is 143 Å². The van der Waals surface area contributed by atoms with Crippen molar-refractivity contribution in [3.63, 3.8) is 0 Å². The van der Waals surface area contributed by atoms with Gasteiger partial charge in [0, 0.05) is 12.1 Å². The van der Waals surface area contributed by atoms with E-state index in [0.717, 1.165) is 6.07 Å². The second-order valence-electron chi connectivity index (χ2n) is 4.90. The van der Waals surface area contributed by atoms with Crippen LogP contribution in [0.3, 0.4) is 0 Å². The third-order valence-electron chi connectivity index (χ3n) is 3.13. The van der Waals surface area contributed by atoms with E-state index in [1.54, 1.807) is 12.1 Å². The minimum Gasteiger partial charge on any atom is -0.492 e. The number of nitro benzene ring substituents is 1. The highest BCUT2D eigenvalue weighted by molar-refractivity contribution is 5.81. The number of para-hydroxylation sites is 1. The normalized spacial score (nSPS) is 9.92. The quantitative estimate of drug-likeness (QED) is 0.322. The Morgan fingerprint density at radius 3 is 2.60 bits per heavy atom. The van der Waals surface area contributed by atoms with Crippen LogP contribution < -0.4 is 14.8 Å². The van der Waals surface area contributed by atoms with E-state index >= 15 is 0 Å². The number of ether oxygens (including phenoxy) is 2. The maximum atomic E-state index is 11.7. The lowest BCUT2D eigenvalue weighted by Gasteiger charge is -2.10. The van der Waals surface area contributed by atoms with Gasteiger partial charge in [-0.3, -0.25) is 19.7 Å². The van der Waals surface area contributed by atoms with Crippen LogP contribution in [-0.2, 0) is 4.79 Å². The number of hydrogen-bond acceptors (Lipinski definition) is 6. The Bertz CT molecular complexity index is 748. The van der Waals surface area contributed by atoms with Gasteiger partial charge in [-0.2, -0.15) is 0 Å². The molecule has 2 rings (SSSR count). The second-order valence-corrected chi connectivity index (χ2v) is 4.90. The number of non-ortho nitro benzene ring substituents is 1. The molecule has 25 heavy (non-hydrogen) atoms. The SMILES string of the molecule is O=Cc1cc([N+](=O)[O-])ccc1OCC(=O)NCCOc1ccccc1. The first-order chi connectivity index (χ1) is 12.1. The number of hydrogen-bond donors (Lipinski definition) is 1. The molecular weight excluding hydrogens is 328 g/mol. The van der Waals surface area contributed by atoms with Crippen LogP contribution in [0, 0.1) is 10.1 Å². The summed E-state index contributed by atoms with van der Waals surface area (Å²) in [4.78, 5) is 32.7. The smallest absolute Gasteiger partial charge is 0.270 e. The molecule has 0 aliphatic rings. The van der Waals surface area contributed by atoms with E-state index < -0.39 is 10.8 Å². The third kappa shape index (κ3) is 5.61. The monoisotopic (exact) mass is 344 g/mol. The molecule has 130 valence electrons. The number of carbonyl (C=O) groups is 2. The molecule has 2 aromatic carbocycles. The Morgan fingerprint density at radius 2 is 1.92 bits per heavy atom. The summed E-state index contributed by atoms with van der Waals surface area (Å²) in [6.07, 6.45) is 0.438. The molecule has 0 fully saturated rings. The van der Waals surface area contributed by atoms with Crippen LogP contribution in [0.1, 0.15) is 10.4 Å². The number of rotatable bonds is 9. The molecule has 0 atom stereocenters. The summed E-state index contributed by atoms with van der Waals surface area (Å²) in [5.74, 6) is 0.414. The zero-order valence-corrected chi connectivity index (χ0v) is 13.2. The number of nitrogens with zero attached hydrogens (tertiary/aromatic N) is 1. The van der Waals surface area contributed by atoms with E-state index in [-0.39, 0.29) is 30.2 Å². The summed E-state index contributed by atoms with van der Waals surface area (Å²) in [5, 5.41) is 13.3. The van der Waals surface area contributed by atoms with Gasteiger partial charge in [0.15, 0.2) is 12.9 Å². The largest absolute Gasteiger partial charge is 0.492 e. The van der Waals surface area contributed by atoms with Gasteiger partial charge in [0.25, 0.3) is 11.6 Å². The molecule has 1 amide bonds. The standard InChI is InChI=1S/C17H16N2O6/c20-11-13-10-14(19(22)23)6-7-16(13)25-12-17(21)18-8-9-24-15-4-2-1-3-5-15/h1-7,10-11H,8-9,12H2,(H,18,21). The first-order valence-corrected chi connectivity index (χ1v) is 7.41. The minimum atomic E-state index is -0.615. The highest BCUT2D eigenvalue weighted by atomic mass is 16.6. The fourth-order valence-electron chi connectivity index (χ4n) is 1.94. The van der Waals surface area contributed by atoms with E-state index in [2.05, 4.69) is 5.32 Å². The van der Waals surface area contributed by atoms with Crippen molar-refractivity contribution in [1.82, 2.24) is 5.32 Å². The molecule has 1 N–H and O–H groups in total. The average molecular weight is 344 g/mol. The van der Waals surface area contributed by atoms with Crippen molar-refractivity contribution in [1.29, 1.82) is 0 Å². The number of nitro groups is 1. The van der Waals surface area contributed by atoms with Gasteiger partial charge in [0.2, 0.25) is 0 Å². The lowest BCUT2D eigenvalue weighted by molar-refractivity contribution is -0.384. The van der Waals surface area contributed by atoms with Gasteiger partial charge in [-0.25, -0.2) is 0 Å². The second kappa shape index (κ2) is 9.02. The molecular formula is C17H16N2O6. The van der Waals surface area contributed by atoms with Gasteiger partial charge in [-0.05, 0) is 18.2 Å². The Hall–Kier alpha value is -3.42. The van der Waals surface area contributed by atoms with Gasteiger partial charge < -0.3 is 14.8 Å². The summed E-state index contributed by atoms with van der Waals surface area (Å²) < 4.78 is 10.7. The maximum Gasteiger partial charge on any atom is 0.270 e. The van der Waals surface area contributed by atoms with E-state index in [4.69, 9.17) is 9.47 Å². The number of aldehydes is 1. The molecule has 0 radical (unpaired) electrons. The summed E-state index contributed by atoms with van der Waals surface area (Å²) in [7, 11) is 0. The van der Waals surface area contributed by atoms with Crippen molar-refractivity contribution in [2.24, 2.45) is 0 Å². The van der Waals surface area contributed by atoms with Crippen LogP contribution in [0.25, 0.3) is 0 Å². The number of benzene rings is 2. The van der Waals surface area contributed by atoms with Crippen LogP contribution in [0.2, 0.25) is 0 Å². The van der Waals surface area contributed by atoms with Gasteiger partial charge in [-0.15, -0.1) is 0 Å². The van der Waals surface area contributed by atoms with Crippen molar-refractivity contribution in [2.45, 2.75) is 0 Å². The molecule has 0 aliphatic carbocycles. The van der Waals surface area contributed by atoms with Crippen molar-refractivity contribution in [3.05, 3.63) is 64.2 Å². The molecule has 2 aromatic rings. The molecule has 0 saturated carbocycles. The molecule has 0 unspecified atom stereocenters. The highest BCUT2D eigenvalue weighted by Crippen LogP contribution is 2.22. The minimum absolute atomic E-state index is 0.00871. The highest BCUT2D eigenvalue weighted by Gasteiger charge is 2.12. The van der Waals surface area contributed by atoms with Crippen molar-refractivity contribution >= 4 is 17.9 Å². The fourth-order valence-corrected chi connectivity index (χ4v) is 1.94. The first-order valence-electron chi connectivity index (χ1n) is 7.41. The molecule has 0 bridgehead atoms. The van der Waals surface area contributed by atoms with Crippen LogP contribution in [0.5, 0.6) is 11.5 Å². The average Bonchev–Trinajstić information content (AvgIpc) is 2.64. The molecule has 0 aromatic heterocycles. The van der Waals surface area contributed by atoms with Crippen LogP contribution in [0.15, 0.2) is 48.5 Å². The molecule has 0 aliphatic heterocycles. The Balaban J connectivity index is 1.76. The zero-order valence-electron chi connectivity index (χ0n) is 13.2. The summed E-state index contributed by atoms with van der Waals surface area (Å²) in [6.45, 7) is 0.273. The van der Waals surface area contributed by atoms with E-state index in [9.17, 15) is 19.7 Å². The lowest BCUT2D eigenvalue weighted by atomic mass is 10.2. The van der Waals surface area contributed by atoms with Crippen molar-refractivity contribution in [3.8, 4) is 11.5 Å². The predicted molar refractivity (Wildman–Crippen MR) is 88.9 cm³/mol. The van der Waals surface area contributed by atoms with Gasteiger partial charge >= 0.3 is 0 Å². The van der Waals surface area contributed by atoms with Crippen LogP contribution in [0.4, 0.5) is 5.69 Å². The summed E-state index contributed by atoms with van der Waals surface area (Å²) in [5.41, 5.74) is -0.216. The van der Waals surface area contributed by atoms with E-state index in [0.29, 0.717) is 18.6 Å². The number of amides is 1. The number of carbonyl (C=O) groups excluding carboxylic acids is 2. The third-order valence-corrected chi connectivity index (χ3v) is 3.13. The molecule has 0 heterocycles. The predicted octanol–water partition coefficient (Wildman–Crippen LogP) is 1.98. The van der Waals surface area contributed by atoms with Crippen LogP contribution in [-0.4, -0.2) is 36.9 Å². The molecule has 8 heteroatoms. The van der Waals surface area contributed by atoms with Gasteiger partial charge in [-0.1, -0.05) is 18.2 Å². The first kappa shape index (κ1) is 17.9. The van der Waals surface area contributed by atoms with Gasteiger partial charge in [0.1, 0.15) is 18.1 Å². The van der Waals surface area contributed by atoms with Crippen molar-refractivity contribution in [2.75, 3.05) is 19.8 Å². The Morgan fingerprint density at radius 1 is 1.16 bits per heavy atom. The van der Waals surface area contributed by atoms with E-state index in [1.165, 1.54) is 12.1 Å². The fraction of sp³-hybridized carbons (Fsp3) is 0.176. The van der Waals surface area contributed by atoms with Crippen LogP contribution >= 0.6 is 0 Å². The zero-order chi connectivity index (χ0) is 18.1.